The zero-order valence-corrected chi connectivity index (χ0v) is 8.15. The van der Waals surface area contributed by atoms with Crippen molar-refractivity contribution in [2.24, 2.45) is 0 Å². The standard InChI is InChI=1S/C10H5ClF3N/c11-8-3-4-15-9-2-1-6(5-7(8)9)10(12,13)14/h1-5H/p+1. The molecule has 1 aromatic heterocycles. The fourth-order valence-corrected chi connectivity index (χ4v) is 1.56. The van der Waals surface area contributed by atoms with E-state index in [1.807, 2.05) is 0 Å². The molecule has 0 fully saturated rings. The lowest BCUT2D eigenvalue weighted by molar-refractivity contribution is -0.344. The second kappa shape index (κ2) is 3.38. The summed E-state index contributed by atoms with van der Waals surface area (Å²) in [6.45, 7) is 0. The van der Waals surface area contributed by atoms with Crippen LogP contribution in [0.1, 0.15) is 5.56 Å². The molecular weight excluding hydrogens is 227 g/mol. The summed E-state index contributed by atoms with van der Waals surface area (Å²) in [5.74, 6) is 0. The maximum atomic E-state index is 12.4. The molecule has 0 spiro atoms. The molecule has 2 rings (SSSR count). The molecule has 0 aliphatic carbocycles. The number of fused-ring (bicyclic) bond motifs is 1. The summed E-state index contributed by atoms with van der Waals surface area (Å²) in [7, 11) is 0. The molecule has 0 aliphatic heterocycles. The monoisotopic (exact) mass is 232 g/mol. The Morgan fingerprint density at radius 2 is 1.87 bits per heavy atom. The summed E-state index contributed by atoms with van der Waals surface area (Å²) in [6.07, 6.45) is -2.76. The number of aromatic amines is 1. The van der Waals surface area contributed by atoms with Crippen molar-refractivity contribution < 1.29 is 18.2 Å². The lowest BCUT2D eigenvalue weighted by Crippen LogP contribution is -2.07. The predicted molar refractivity (Wildman–Crippen MR) is 50.5 cm³/mol. The Balaban J connectivity index is 2.70. The van der Waals surface area contributed by atoms with Crippen molar-refractivity contribution in [1.82, 2.24) is 0 Å². The SMILES string of the molecule is FC(F)(F)c1ccc2[nH+]ccc(Cl)c2c1. The molecule has 1 heterocycles. The van der Waals surface area contributed by atoms with Crippen molar-refractivity contribution in [2.75, 3.05) is 0 Å². The van der Waals surface area contributed by atoms with Gasteiger partial charge in [-0.25, -0.2) is 4.98 Å². The van der Waals surface area contributed by atoms with E-state index in [1.165, 1.54) is 12.1 Å². The smallest absolute Gasteiger partial charge is 0.211 e. The number of hydrogen-bond donors (Lipinski definition) is 0. The second-order valence-electron chi connectivity index (χ2n) is 3.08. The summed E-state index contributed by atoms with van der Waals surface area (Å²) >= 11 is 5.79. The molecule has 0 unspecified atom stereocenters. The van der Waals surface area contributed by atoms with E-state index in [-0.39, 0.29) is 0 Å². The van der Waals surface area contributed by atoms with Crippen molar-refractivity contribution in [2.45, 2.75) is 6.18 Å². The highest BCUT2D eigenvalue weighted by Gasteiger charge is 2.31. The average molecular weight is 233 g/mol. The van der Waals surface area contributed by atoms with Gasteiger partial charge in [0.05, 0.1) is 16.0 Å². The Bertz CT molecular complexity index is 507. The number of rotatable bonds is 0. The van der Waals surface area contributed by atoms with E-state index in [2.05, 4.69) is 4.98 Å². The van der Waals surface area contributed by atoms with Crippen LogP contribution in [0, 0.1) is 0 Å². The van der Waals surface area contributed by atoms with E-state index in [0.29, 0.717) is 15.9 Å². The molecule has 0 aliphatic rings. The molecule has 15 heavy (non-hydrogen) atoms. The number of pyridine rings is 1. The minimum Gasteiger partial charge on any atom is -0.211 e. The Morgan fingerprint density at radius 3 is 2.53 bits per heavy atom. The number of H-pyrrole nitrogens is 1. The van der Waals surface area contributed by atoms with Crippen molar-refractivity contribution >= 4 is 22.5 Å². The Labute approximate surface area is 88.5 Å². The number of benzene rings is 1. The Kier molecular flexibility index (Phi) is 2.31. The average Bonchev–Trinajstić information content (AvgIpc) is 2.16. The van der Waals surface area contributed by atoms with Crippen LogP contribution >= 0.6 is 11.6 Å². The molecule has 78 valence electrons. The molecular formula is C10H6ClF3N+. The molecule has 1 N–H and O–H groups in total. The highest BCUT2D eigenvalue weighted by Crippen LogP contribution is 2.32. The first-order valence-corrected chi connectivity index (χ1v) is 4.53. The molecule has 0 amide bonds. The second-order valence-corrected chi connectivity index (χ2v) is 3.49. The number of halogens is 4. The number of alkyl halides is 3. The first-order valence-electron chi connectivity index (χ1n) is 4.15. The summed E-state index contributed by atoms with van der Waals surface area (Å²) in [6, 6.07) is 4.94. The van der Waals surface area contributed by atoms with Crippen molar-refractivity contribution in [3.63, 3.8) is 0 Å². The maximum Gasteiger partial charge on any atom is 0.416 e. The molecule has 0 saturated carbocycles. The number of nitrogens with one attached hydrogen (secondary N) is 1. The zero-order chi connectivity index (χ0) is 11.1. The van der Waals surface area contributed by atoms with Crippen LogP contribution < -0.4 is 4.98 Å². The van der Waals surface area contributed by atoms with Crippen molar-refractivity contribution in [1.29, 1.82) is 0 Å². The van der Waals surface area contributed by atoms with Crippen molar-refractivity contribution in [3.05, 3.63) is 41.0 Å². The molecule has 0 atom stereocenters. The molecule has 2 aromatic rings. The van der Waals surface area contributed by atoms with Gasteiger partial charge in [0.25, 0.3) is 0 Å². The third kappa shape index (κ3) is 1.90. The van der Waals surface area contributed by atoms with Crippen LogP contribution in [0.5, 0.6) is 0 Å². The lowest BCUT2D eigenvalue weighted by atomic mass is 10.1. The molecule has 1 aromatic carbocycles. The Morgan fingerprint density at radius 1 is 1.13 bits per heavy atom. The van der Waals surface area contributed by atoms with Crippen LogP contribution in [0.3, 0.4) is 0 Å². The van der Waals surface area contributed by atoms with Crippen LogP contribution in [0.15, 0.2) is 30.5 Å². The number of aromatic nitrogens is 1. The molecule has 1 nitrogen and oxygen atoms in total. The van der Waals surface area contributed by atoms with Gasteiger partial charge in [-0.3, -0.25) is 0 Å². The predicted octanol–water partition coefficient (Wildman–Crippen LogP) is 3.33. The lowest BCUT2D eigenvalue weighted by Gasteiger charge is -2.06. The van der Waals surface area contributed by atoms with Gasteiger partial charge >= 0.3 is 6.18 Å². The van der Waals surface area contributed by atoms with Gasteiger partial charge in [0.15, 0.2) is 6.20 Å². The number of hydrogen-bond acceptors (Lipinski definition) is 0. The minimum atomic E-state index is -4.34. The van der Waals surface area contributed by atoms with Gasteiger partial charge in [-0.05, 0) is 12.1 Å². The molecule has 0 bridgehead atoms. The van der Waals surface area contributed by atoms with Crippen LogP contribution in [0.2, 0.25) is 5.02 Å². The summed E-state index contributed by atoms with van der Waals surface area (Å²) in [5, 5.41) is 0.670. The minimum absolute atomic E-state index is 0.301. The quantitative estimate of drug-likeness (QED) is 0.662. The van der Waals surface area contributed by atoms with E-state index < -0.39 is 11.7 Å². The van der Waals surface area contributed by atoms with Gasteiger partial charge in [0, 0.05) is 12.1 Å². The third-order valence-corrected chi connectivity index (χ3v) is 2.40. The summed E-state index contributed by atoms with van der Waals surface area (Å²) in [5.41, 5.74) is -0.119. The van der Waals surface area contributed by atoms with Gasteiger partial charge in [-0.15, -0.1) is 0 Å². The van der Waals surface area contributed by atoms with Crippen LogP contribution in [0.25, 0.3) is 10.9 Å². The van der Waals surface area contributed by atoms with E-state index in [1.54, 1.807) is 6.20 Å². The third-order valence-electron chi connectivity index (χ3n) is 2.07. The van der Waals surface area contributed by atoms with Crippen LogP contribution in [-0.4, -0.2) is 0 Å². The van der Waals surface area contributed by atoms with Crippen LogP contribution in [0.4, 0.5) is 13.2 Å². The van der Waals surface area contributed by atoms with E-state index in [9.17, 15) is 13.2 Å². The van der Waals surface area contributed by atoms with E-state index in [0.717, 1.165) is 12.1 Å². The van der Waals surface area contributed by atoms with Gasteiger partial charge in [-0.1, -0.05) is 11.6 Å². The van der Waals surface area contributed by atoms with E-state index >= 15 is 0 Å². The zero-order valence-electron chi connectivity index (χ0n) is 7.40. The first kappa shape index (κ1) is 10.2. The summed E-state index contributed by atoms with van der Waals surface area (Å²) in [4.78, 5) is 2.82. The Hall–Kier alpha value is -1.29. The topological polar surface area (TPSA) is 14.1 Å². The van der Waals surface area contributed by atoms with Gasteiger partial charge in [0.2, 0.25) is 5.52 Å². The van der Waals surface area contributed by atoms with Gasteiger partial charge in [0.1, 0.15) is 0 Å². The normalized spacial score (nSPS) is 12.0. The van der Waals surface area contributed by atoms with Crippen LogP contribution in [-0.2, 0) is 6.18 Å². The van der Waals surface area contributed by atoms with Crippen molar-refractivity contribution in [3.8, 4) is 0 Å². The fourth-order valence-electron chi connectivity index (χ4n) is 1.34. The molecule has 0 radical (unpaired) electrons. The van der Waals surface area contributed by atoms with Gasteiger partial charge in [-0.2, -0.15) is 13.2 Å². The summed E-state index contributed by atoms with van der Waals surface area (Å²) < 4.78 is 37.2. The van der Waals surface area contributed by atoms with Gasteiger partial charge < -0.3 is 0 Å². The van der Waals surface area contributed by atoms with E-state index in [4.69, 9.17) is 11.6 Å². The largest absolute Gasteiger partial charge is 0.416 e. The molecule has 0 saturated heterocycles. The fraction of sp³-hybridized carbons (Fsp3) is 0.100. The maximum absolute atomic E-state index is 12.4. The highest BCUT2D eigenvalue weighted by molar-refractivity contribution is 6.35. The highest BCUT2D eigenvalue weighted by atomic mass is 35.5. The first-order chi connectivity index (χ1) is 6.98. The molecule has 5 heteroatoms.